The van der Waals surface area contributed by atoms with Crippen LogP contribution in [-0.4, -0.2) is 38.6 Å². The van der Waals surface area contributed by atoms with Gasteiger partial charge in [0.2, 0.25) is 11.7 Å². The maximum Gasteiger partial charge on any atom is 0.229 e. The van der Waals surface area contributed by atoms with Crippen molar-refractivity contribution in [1.29, 1.82) is 5.41 Å². The van der Waals surface area contributed by atoms with Crippen LogP contribution in [-0.2, 0) is 6.42 Å². The predicted octanol–water partition coefficient (Wildman–Crippen LogP) is 6.59. The molecule has 1 aliphatic rings. The van der Waals surface area contributed by atoms with Crippen LogP contribution in [0, 0.1) is 5.41 Å². The van der Waals surface area contributed by atoms with Crippen molar-refractivity contribution in [2.24, 2.45) is 5.73 Å². The molecule has 0 bridgehead atoms. The molecule has 0 spiro atoms. The van der Waals surface area contributed by atoms with E-state index >= 15 is 0 Å². The number of anilines is 2. The first-order chi connectivity index (χ1) is 18.6. The molecule has 10 heteroatoms. The number of hydrogen-bond donors (Lipinski definition) is 3. The highest BCUT2D eigenvalue weighted by molar-refractivity contribution is 7.14. The second-order valence-corrected chi connectivity index (χ2v) is 10.1. The van der Waals surface area contributed by atoms with Gasteiger partial charge in [-0.1, -0.05) is 59.8 Å². The average molecular weight is 558 g/mol. The molecule has 0 unspecified atom stereocenters. The molecule has 1 aliphatic heterocycles. The minimum absolute atomic E-state index is 0. The van der Waals surface area contributed by atoms with Crippen molar-refractivity contribution in [2.45, 2.75) is 25.3 Å². The van der Waals surface area contributed by atoms with Crippen LogP contribution < -0.4 is 11.1 Å². The van der Waals surface area contributed by atoms with Crippen LogP contribution >= 0.6 is 23.7 Å². The highest BCUT2D eigenvalue weighted by atomic mass is 35.5. The molecule has 1 atom stereocenters. The van der Waals surface area contributed by atoms with Gasteiger partial charge in [-0.2, -0.15) is 4.98 Å². The molecule has 39 heavy (non-hydrogen) atoms. The lowest BCUT2D eigenvalue weighted by Crippen LogP contribution is -2.41. The Balaban J connectivity index is 0.00000308. The number of benzene rings is 3. The van der Waals surface area contributed by atoms with Crippen LogP contribution in [0.15, 0.2) is 88.8 Å². The van der Waals surface area contributed by atoms with E-state index < -0.39 is 0 Å². The van der Waals surface area contributed by atoms with Gasteiger partial charge >= 0.3 is 0 Å². The highest BCUT2D eigenvalue weighted by Crippen LogP contribution is 2.30. The first-order valence-electron chi connectivity index (χ1n) is 12.5. The number of rotatable bonds is 7. The molecule has 3 aromatic carbocycles. The van der Waals surface area contributed by atoms with Crippen LogP contribution in [0.25, 0.3) is 33.8 Å². The predicted molar refractivity (Wildman–Crippen MR) is 159 cm³/mol. The Kier molecular flexibility index (Phi) is 7.90. The Hall–Kier alpha value is -4.21. The molecule has 5 aromatic rings. The molecule has 0 radical (unpaired) electrons. The van der Waals surface area contributed by atoms with Crippen LogP contribution in [0.1, 0.15) is 18.7 Å². The van der Waals surface area contributed by atoms with Gasteiger partial charge in [0.25, 0.3) is 0 Å². The fourth-order valence-corrected chi connectivity index (χ4v) is 5.52. The summed E-state index contributed by atoms with van der Waals surface area (Å²) in [5.41, 5.74) is 11.9. The maximum absolute atomic E-state index is 7.74. The SMILES string of the molecule is Cl.N=C(N)N1CCC[C@H]1Cc1nc(-c2ccc(Nc3nc(-c4ccc(-c5ccccc5)cc4)cs3)cc2)no1. The molecule has 1 saturated heterocycles. The van der Waals surface area contributed by atoms with Crippen LogP contribution in [0.4, 0.5) is 10.8 Å². The van der Waals surface area contributed by atoms with Gasteiger partial charge in [0, 0.05) is 41.2 Å². The van der Waals surface area contributed by atoms with Gasteiger partial charge in [0.05, 0.1) is 5.69 Å². The lowest BCUT2D eigenvalue weighted by Gasteiger charge is -2.23. The lowest BCUT2D eigenvalue weighted by atomic mass is 10.0. The number of hydrogen-bond acceptors (Lipinski definition) is 7. The summed E-state index contributed by atoms with van der Waals surface area (Å²) in [6.07, 6.45) is 2.57. The van der Waals surface area contributed by atoms with E-state index in [1.807, 2.05) is 35.2 Å². The van der Waals surface area contributed by atoms with E-state index in [4.69, 9.17) is 20.7 Å². The van der Waals surface area contributed by atoms with Crippen molar-refractivity contribution in [3.05, 3.63) is 90.1 Å². The number of nitrogens with two attached hydrogens (primary N) is 1. The summed E-state index contributed by atoms with van der Waals surface area (Å²) in [6.45, 7) is 0.802. The van der Waals surface area contributed by atoms with Crippen LogP contribution in [0.5, 0.6) is 0 Å². The largest absolute Gasteiger partial charge is 0.370 e. The Bertz CT molecular complexity index is 1530. The Morgan fingerprint density at radius 3 is 2.38 bits per heavy atom. The minimum atomic E-state index is 0. The van der Waals surface area contributed by atoms with E-state index in [1.165, 1.54) is 11.1 Å². The van der Waals surface area contributed by atoms with Gasteiger partial charge in [0.15, 0.2) is 11.1 Å². The van der Waals surface area contributed by atoms with Crippen molar-refractivity contribution in [3.63, 3.8) is 0 Å². The summed E-state index contributed by atoms with van der Waals surface area (Å²) in [4.78, 5) is 11.2. The van der Waals surface area contributed by atoms with E-state index in [0.29, 0.717) is 18.1 Å². The van der Waals surface area contributed by atoms with Gasteiger partial charge in [-0.25, -0.2) is 4.98 Å². The number of likely N-dealkylation sites (tertiary alicyclic amines) is 1. The fourth-order valence-electron chi connectivity index (χ4n) is 4.78. The first-order valence-corrected chi connectivity index (χ1v) is 13.4. The molecule has 1 fully saturated rings. The number of thiazole rings is 1. The monoisotopic (exact) mass is 557 g/mol. The number of aromatic nitrogens is 3. The van der Waals surface area contributed by atoms with Crippen LogP contribution in [0.2, 0.25) is 0 Å². The Morgan fingerprint density at radius 2 is 1.64 bits per heavy atom. The van der Waals surface area contributed by atoms with Gasteiger partial charge in [-0.05, 0) is 48.2 Å². The normalized spacial score (nSPS) is 14.7. The summed E-state index contributed by atoms with van der Waals surface area (Å²) < 4.78 is 5.49. The quantitative estimate of drug-likeness (QED) is 0.152. The average Bonchev–Trinajstić information content (AvgIpc) is 3.72. The molecule has 0 amide bonds. The van der Waals surface area contributed by atoms with Crippen molar-refractivity contribution in [2.75, 3.05) is 11.9 Å². The molecule has 6 rings (SSSR count). The first kappa shape index (κ1) is 26.4. The van der Waals surface area contributed by atoms with Crippen molar-refractivity contribution in [3.8, 4) is 33.8 Å². The summed E-state index contributed by atoms with van der Waals surface area (Å²) in [7, 11) is 0. The summed E-state index contributed by atoms with van der Waals surface area (Å²) in [5, 5.41) is 18.2. The Morgan fingerprint density at radius 1 is 0.949 bits per heavy atom. The highest BCUT2D eigenvalue weighted by Gasteiger charge is 2.27. The van der Waals surface area contributed by atoms with Gasteiger partial charge in [-0.15, -0.1) is 23.7 Å². The van der Waals surface area contributed by atoms with Crippen molar-refractivity contribution in [1.82, 2.24) is 20.0 Å². The molecule has 3 heterocycles. The van der Waals surface area contributed by atoms with Gasteiger partial charge < -0.3 is 20.5 Å². The molecule has 8 nitrogen and oxygen atoms in total. The fraction of sp³-hybridized carbons (Fsp3) is 0.172. The van der Waals surface area contributed by atoms with Crippen molar-refractivity contribution >= 4 is 40.5 Å². The molecule has 0 saturated carbocycles. The molecule has 198 valence electrons. The van der Waals surface area contributed by atoms with Crippen LogP contribution in [0.3, 0.4) is 0 Å². The molecule has 4 N–H and O–H groups in total. The van der Waals surface area contributed by atoms with Gasteiger partial charge in [0.1, 0.15) is 0 Å². The van der Waals surface area contributed by atoms with Gasteiger partial charge in [-0.3, -0.25) is 5.41 Å². The zero-order valence-corrected chi connectivity index (χ0v) is 22.7. The van der Waals surface area contributed by atoms with E-state index in [-0.39, 0.29) is 24.4 Å². The number of guanidine groups is 1. The van der Waals surface area contributed by atoms with E-state index in [0.717, 1.165) is 47.0 Å². The zero-order chi connectivity index (χ0) is 25.9. The molecule has 2 aromatic heterocycles. The standard InChI is InChI=1S/C29H27N7OS.ClH/c30-28(31)36-16-4-7-24(36)17-26-34-27(35-37-26)22-12-14-23(15-13-22)32-29-33-25(18-38-29)21-10-8-20(9-11-21)19-5-2-1-3-6-19;/h1-3,5-6,8-15,18,24H,4,7,16-17H2,(H3,30,31)(H,32,33);1H/t24-;/m0./s1. The number of nitrogens with zero attached hydrogens (tertiary/aromatic N) is 4. The lowest BCUT2D eigenvalue weighted by molar-refractivity contribution is 0.320. The second kappa shape index (κ2) is 11.7. The van der Waals surface area contributed by atoms with E-state index in [1.54, 1.807) is 11.3 Å². The number of nitrogens with one attached hydrogen (secondary N) is 2. The third kappa shape index (κ3) is 5.94. The topological polar surface area (TPSA) is 117 Å². The minimum Gasteiger partial charge on any atom is -0.370 e. The summed E-state index contributed by atoms with van der Waals surface area (Å²) >= 11 is 1.57. The third-order valence-electron chi connectivity index (χ3n) is 6.75. The molecular weight excluding hydrogens is 530 g/mol. The maximum atomic E-state index is 7.74. The smallest absolute Gasteiger partial charge is 0.229 e. The van der Waals surface area contributed by atoms with E-state index in [2.05, 4.69) is 69.4 Å². The Labute approximate surface area is 236 Å². The third-order valence-corrected chi connectivity index (χ3v) is 7.51. The second-order valence-electron chi connectivity index (χ2n) is 9.27. The molecule has 0 aliphatic carbocycles. The molecular formula is C29H28ClN7OS. The van der Waals surface area contributed by atoms with Crippen molar-refractivity contribution < 1.29 is 4.52 Å². The summed E-state index contributed by atoms with van der Waals surface area (Å²) in [6, 6.07) is 26.9. The van der Waals surface area contributed by atoms with E-state index in [9.17, 15) is 0 Å². The zero-order valence-electron chi connectivity index (χ0n) is 21.1. The summed E-state index contributed by atoms with van der Waals surface area (Å²) in [5.74, 6) is 1.21. The number of halogens is 1.